The van der Waals surface area contributed by atoms with Crippen molar-refractivity contribution >= 4 is 33.8 Å². The number of carbonyl (C=O) groups excluding carboxylic acids is 2. The minimum atomic E-state index is -1.35. The van der Waals surface area contributed by atoms with E-state index >= 15 is 0 Å². The van der Waals surface area contributed by atoms with Crippen molar-refractivity contribution in [2.24, 2.45) is 5.92 Å². The van der Waals surface area contributed by atoms with Crippen molar-refractivity contribution in [3.8, 4) is 0 Å². The van der Waals surface area contributed by atoms with Crippen molar-refractivity contribution in [3.63, 3.8) is 0 Å². The van der Waals surface area contributed by atoms with Crippen molar-refractivity contribution in [1.82, 2.24) is 5.32 Å². The molecule has 0 spiro atoms. The molecule has 7 nitrogen and oxygen atoms in total. The molecule has 1 aromatic carbocycles. The second kappa shape index (κ2) is 8.45. The summed E-state index contributed by atoms with van der Waals surface area (Å²) < 4.78 is 11.4. The maximum atomic E-state index is 12.7. The van der Waals surface area contributed by atoms with Crippen molar-refractivity contribution in [3.05, 3.63) is 45.0 Å². The molecule has 2 aromatic heterocycles. The Kier molecular flexibility index (Phi) is 6.22. The predicted molar refractivity (Wildman–Crippen MR) is 121 cm³/mol. The van der Waals surface area contributed by atoms with Crippen LogP contribution >= 0.6 is 0 Å². The number of benzene rings is 1. The number of carboxylic acids is 1. The molecular weight excluding hydrogens is 410 g/mol. The van der Waals surface area contributed by atoms with Crippen LogP contribution in [0.1, 0.15) is 63.3 Å². The van der Waals surface area contributed by atoms with Crippen LogP contribution in [0.25, 0.3) is 21.9 Å². The molecular formula is C25H30NO6-. The number of carboxylic acid groups (broad SMARTS) is 1. The largest absolute Gasteiger partial charge is 0.548 e. The summed E-state index contributed by atoms with van der Waals surface area (Å²) in [6, 6.07) is 0.821. The molecule has 1 N–H and O–H groups in total. The monoisotopic (exact) mass is 440 g/mol. The molecule has 0 fully saturated rings. The van der Waals surface area contributed by atoms with Crippen LogP contribution in [0.2, 0.25) is 0 Å². The van der Waals surface area contributed by atoms with Crippen LogP contribution in [0.3, 0.4) is 0 Å². The van der Waals surface area contributed by atoms with Crippen LogP contribution in [-0.2, 0) is 21.4 Å². The van der Waals surface area contributed by atoms with Gasteiger partial charge in [-0.2, -0.15) is 0 Å². The number of amides is 1. The SMILES string of the molecule is Cc1c(CC(=O)N[C@@H](CC(C)C)C(=O)[O-])c(=O)oc2c(C)c3occ(C(C)(C)C)c3cc12. The summed E-state index contributed by atoms with van der Waals surface area (Å²) in [5.74, 6) is -1.85. The highest BCUT2D eigenvalue weighted by Gasteiger charge is 2.24. The van der Waals surface area contributed by atoms with Gasteiger partial charge in [0, 0.05) is 21.9 Å². The molecule has 172 valence electrons. The fourth-order valence-electron chi connectivity index (χ4n) is 4.07. The van der Waals surface area contributed by atoms with Gasteiger partial charge in [0.1, 0.15) is 11.2 Å². The maximum Gasteiger partial charge on any atom is 0.340 e. The summed E-state index contributed by atoms with van der Waals surface area (Å²) in [5, 5.41) is 15.5. The molecule has 0 aliphatic carbocycles. The van der Waals surface area contributed by atoms with E-state index in [0.29, 0.717) is 16.7 Å². The Balaban J connectivity index is 2.07. The quantitative estimate of drug-likeness (QED) is 0.589. The van der Waals surface area contributed by atoms with Crippen LogP contribution in [0.5, 0.6) is 0 Å². The Morgan fingerprint density at radius 3 is 2.31 bits per heavy atom. The number of hydrogen-bond donors (Lipinski definition) is 1. The molecule has 7 heteroatoms. The van der Waals surface area contributed by atoms with E-state index in [-0.39, 0.29) is 29.7 Å². The zero-order valence-electron chi connectivity index (χ0n) is 19.7. The topological polar surface area (TPSA) is 113 Å². The van der Waals surface area contributed by atoms with Crippen molar-refractivity contribution < 1.29 is 23.5 Å². The predicted octanol–water partition coefficient (Wildman–Crippen LogP) is 3.28. The Labute approximate surface area is 186 Å². The van der Waals surface area contributed by atoms with E-state index in [4.69, 9.17) is 8.83 Å². The highest BCUT2D eigenvalue weighted by Crippen LogP contribution is 2.37. The Morgan fingerprint density at radius 2 is 1.75 bits per heavy atom. The third-order valence-corrected chi connectivity index (χ3v) is 5.81. The third-order valence-electron chi connectivity index (χ3n) is 5.81. The Hall–Kier alpha value is -3.09. The van der Waals surface area contributed by atoms with E-state index in [9.17, 15) is 19.5 Å². The van der Waals surface area contributed by atoms with Crippen LogP contribution in [0.15, 0.2) is 26.0 Å². The summed E-state index contributed by atoms with van der Waals surface area (Å²) in [6.45, 7) is 13.6. The number of nitrogens with one attached hydrogen (secondary N) is 1. The summed E-state index contributed by atoms with van der Waals surface area (Å²) in [6.07, 6.45) is 1.69. The lowest BCUT2D eigenvalue weighted by atomic mass is 9.86. The average molecular weight is 441 g/mol. The second-order valence-electron chi connectivity index (χ2n) is 9.89. The van der Waals surface area contributed by atoms with Crippen LogP contribution in [-0.4, -0.2) is 17.9 Å². The Bertz CT molecular complexity index is 1260. The van der Waals surface area contributed by atoms with Gasteiger partial charge in [0.2, 0.25) is 5.91 Å². The summed E-state index contributed by atoms with van der Waals surface area (Å²) >= 11 is 0. The van der Waals surface area contributed by atoms with Gasteiger partial charge in [0.25, 0.3) is 0 Å². The van der Waals surface area contributed by atoms with E-state index in [1.807, 2.05) is 26.8 Å². The standard InChI is InChI=1S/C25H31NO6/c1-12(2)8-19(23(28)29)26-20(27)10-16-13(3)15-9-17-18(25(5,6)7)11-31-21(17)14(4)22(15)32-24(16)30/h9,11-12,19H,8,10H2,1-7H3,(H,26,27)(H,28,29)/p-1/t19-/m0/s1. The number of aryl methyl sites for hydroxylation is 2. The molecule has 1 atom stereocenters. The summed E-state index contributed by atoms with van der Waals surface area (Å²) in [7, 11) is 0. The van der Waals surface area contributed by atoms with Crippen LogP contribution < -0.4 is 16.0 Å². The van der Waals surface area contributed by atoms with E-state index in [0.717, 1.165) is 21.9 Å². The zero-order valence-corrected chi connectivity index (χ0v) is 19.7. The van der Waals surface area contributed by atoms with Crippen LogP contribution in [0, 0.1) is 19.8 Å². The molecule has 2 heterocycles. The normalized spacial score (nSPS) is 13.1. The number of fused-ring (bicyclic) bond motifs is 2. The number of rotatable bonds is 6. The molecule has 32 heavy (non-hydrogen) atoms. The summed E-state index contributed by atoms with van der Waals surface area (Å²) in [5.41, 5.74) is 2.92. The zero-order chi connectivity index (χ0) is 24.0. The van der Waals surface area contributed by atoms with Crippen molar-refractivity contribution in [1.29, 1.82) is 0 Å². The first kappa shape index (κ1) is 23.6. The fraction of sp³-hybridized carbons (Fsp3) is 0.480. The molecule has 0 saturated carbocycles. The van der Waals surface area contributed by atoms with Gasteiger partial charge in [-0.15, -0.1) is 0 Å². The minimum Gasteiger partial charge on any atom is -0.548 e. The van der Waals surface area contributed by atoms with Crippen molar-refractivity contribution in [2.75, 3.05) is 0 Å². The average Bonchev–Trinajstić information content (AvgIpc) is 3.10. The van der Waals surface area contributed by atoms with E-state index in [1.165, 1.54) is 0 Å². The van der Waals surface area contributed by atoms with Crippen molar-refractivity contribution in [2.45, 2.75) is 72.8 Å². The van der Waals surface area contributed by atoms with E-state index in [1.54, 1.807) is 13.2 Å². The van der Waals surface area contributed by atoms with Gasteiger partial charge in [0.05, 0.1) is 30.3 Å². The first-order valence-corrected chi connectivity index (χ1v) is 10.8. The first-order chi connectivity index (χ1) is 14.8. The van der Waals surface area contributed by atoms with Gasteiger partial charge in [-0.05, 0) is 43.2 Å². The highest BCUT2D eigenvalue weighted by molar-refractivity contribution is 6.00. The molecule has 3 aromatic rings. The Morgan fingerprint density at radius 1 is 1.09 bits per heavy atom. The van der Waals surface area contributed by atoms with Gasteiger partial charge in [-0.1, -0.05) is 34.6 Å². The van der Waals surface area contributed by atoms with Crippen LogP contribution in [0.4, 0.5) is 0 Å². The molecule has 0 saturated heterocycles. The molecule has 0 aliphatic heterocycles. The molecule has 1 amide bonds. The first-order valence-electron chi connectivity index (χ1n) is 10.8. The third kappa shape index (κ3) is 4.42. The molecule has 3 rings (SSSR count). The van der Waals surface area contributed by atoms with E-state index in [2.05, 4.69) is 26.1 Å². The van der Waals surface area contributed by atoms with E-state index < -0.39 is 23.5 Å². The smallest absolute Gasteiger partial charge is 0.340 e. The lowest BCUT2D eigenvalue weighted by Gasteiger charge is -2.21. The molecule has 0 bridgehead atoms. The molecule has 0 unspecified atom stereocenters. The lowest BCUT2D eigenvalue weighted by Crippen LogP contribution is -2.49. The minimum absolute atomic E-state index is 0.0584. The maximum absolute atomic E-state index is 12.7. The lowest BCUT2D eigenvalue weighted by molar-refractivity contribution is -0.308. The van der Waals surface area contributed by atoms with Gasteiger partial charge in [-0.3, -0.25) is 4.79 Å². The number of furan rings is 1. The number of hydrogen-bond acceptors (Lipinski definition) is 6. The van der Waals surface area contributed by atoms with Gasteiger partial charge in [0.15, 0.2) is 0 Å². The molecule has 0 aliphatic rings. The molecule has 0 radical (unpaired) electrons. The second-order valence-corrected chi connectivity index (χ2v) is 9.89. The summed E-state index contributed by atoms with van der Waals surface area (Å²) in [4.78, 5) is 36.7. The number of aliphatic carboxylic acids is 1. The fourth-order valence-corrected chi connectivity index (χ4v) is 4.07. The highest BCUT2D eigenvalue weighted by atomic mass is 16.4. The number of carbonyl (C=O) groups is 2. The van der Waals surface area contributed by atoms with Gasteiger partial charge >= 0.3 is 5.63 Å². The van der Waals surface area contributed by atoms with Gasteiger partial charge in [-0.25, -0.2) is 4.79 Å². The van der Waals surface area contributed by atoms with Gasteiger partial charge < -0.3 is 24.1 Å².